The van der Waals surface area contributed by atoms with Crippen LogP contribution >= 0.6 is 0 Å². The molecule has 0 saturated heterocycles. The average Bonchev–Trinajstić information content (AvgIpc) is 2.96. The van der Waals surface area contributed by atoms with Crippen molar-refractivity contribution in [1.29, 1.82) is 5.26 Å². The molecular formula is C21H17F3N4O. The number of aryl methyl sites for hydroxylation is 1. The molecule has 5 nitrogen and oxygen atoms in total. The second-order valence-corrected chi connectivity index (χ2v) is 6.53. The minimum atomic E-state index is -4.45. The normalized spacial score (nSPS) is 11.2. The molecule has 1 heterocycles. The second-order valence-electron chi connectivity index (χ2n) is 6.53. The predicted molar refractivity (Wildman–Crippen MR) is 102 cm³/mol. The number of halogens is 3. The van der Waals surface area contributed by atoms with Crippen molar-refractivity contribution in [2.45, 2.75) is 26.4 Å². The molecule has 0 atom stereocenters. The van der Waals surface area contributed by atoms with Gasteiger partial charge in [-0.3, -0.25) is 4.79 Å². The van der Waals surface area contributed by atoms with Gasteiger partial charge in [-0.2, -0.15) is 23.5 Å². The van der Waals surface area contributed by atoms with Crippen molar-refractivity contribution in [2.75, 3.05) is 5.32 Å². The van der Waals surface area contributed by atoms with E-state index in [0.29, 0.717) is 28.2 Å². The first-order valence-corrected chi connectivity index (χ1v) is 8.72. The van der Waals surface area contributed by atoms with Crippen molar-refractivity contribution < 1.29 is 18.0 Å². The number of alkyl halides is 3. The van der Waals surface area contributed by atoms with Crippen LogP contribution in [0.5, 0.6) is 0 Å². The van der Waals surface area contributed by atoms with E-state index in [0.717, 1.165) is 12.1 Å². The molecule has 29 heavy (non-hydrogen) atoms. The third-order valence-corrected chi connectivity index (χ3v) is 4.47. The molecule has 3 rings (SSSR count). The van der Waals surface area contributed by atoms with Gasteiger partial charge in [-0.05, 0) is 50.2 Å². The lowest BCUT2D eigenvalue weighted by molar-refractivity contribution is -0.137. The van der Waals surface area contributed by atoms with Crippen molar-refractivity contribution in [3.05, 3.63) is 76.6 Å². The molecule has 1 aromatic heterocycles. The number of nitrogens with zero attached hydrogens (tertiary/aromatic N) is 3. The van der Waals surface area contributed by atoms with Gasteiger partial charge in [0.05, 0.1) is 35.0 Å². The van der Waals surface area contributed by atoms with Crippen LogP contribution in [0.25, 0.3) is 5.69 Å². The number of anilines is 1. The van der Waals surface area contributed by atoms with Gasteiger partial charge in [-0.1, -0.05) is 12.1 Å². The van der Waals surface area contributed by atoms with Crippen LogP contribution in [0.4, 0.5) is 18.9 Å². The third-order valence-electron chi connectivity index (χ3n) is 4.47. The predicted octanol–water partition coefficient (Wildman–Crippen LogP) is 4.56. The second kappa shape index (κ2) is 7.80. The standard InChI is InChI=1S/C21H17F3N4O/c1-13-19(11-20(29)26-17-7-3-5-15(9-17)12-25)14(2)28(27-13)18-8-4-6-16(10-18)21(22,23)24/h3-10H,11H2,1-2H3,(H,26,29). The van der Waals surface area contributed by atoms with E-state index in [4.69, 9.17) is 5.26 Å². The lowest BCUT2D eigenvalue weighted by atomic mass is 10.1. The van der Waals surface area contributed by atoms with Crippen LogP contribution in [0.15, 0.2) is 48.5 Å². The van der Waals surface area contributed by atoms with E-state index in [-0.39, 0.29) is 18.0 Å². The number of amides is 1. The molecule has 0 radical (unpaired) electrons. The summed E-state index contributed by atoms with van der Waals surface area (Å²) < 4.78 is 40.4. The molecule has 148 valence electrons. The van der Waals surface area contributed by atoms with E-state index in [1.54, 1.807) is 38.1 Å². The smallest absolute Gasteiger partial charge is 0.326 e. The maximum Gasteiger partial charge on any atom is 0.416 e. The molecule has 1 N–H and O–H groups in total. The molecule has 0 fully saturated rings. The highest BCUT2D eigenvalue weighted by molar-refractivity contribution is 5.92. The summed E-state index contributed by atoms with van der Waals surface area (Å²) >= 11 is 0. The molecule has 8 heteroatoms. The minimum absolute atomic E-state index is 0.00735. The zero-order valence-corrected chi connectivity index (χ0v) is 15.7. The van der Waals surface area contributed by atoms with Gasteiger partial charge in [0.25, 0.3) is 0 Å². The largest absolute Gasteiger partial charge is 0.416 e. The number of nitrogens with one attached hydrogen (secondary N) is 1. The SMILES string of the molecule is Cc1nn(-c2cccc(C(F)(F)F)c2)c(C)c1CC(=O)Nc1cccc(C#N)c1. The Labute approximate surface area is 165 Å². The van der Waals surface area contributed by atoms with Crippen LogP contribution in [-0.4, -0.2) is 15.7 Å². The van der Waals surface area contributed by atoms with Crippen molar-refractivity contribution in [3.8, 4) is 11.8 Å². The van der Waals surface area contributed by atoms with Crippen LogP contribution in [0.2, 0.25) is 0 Å². The van der Waals surface area contributed by atoms with E-state index in [1.165, 1.54) is 16.8 Å². The van der Waals surface area contributed by atoms with Gasteiger partial charge in [-0.15, -0.1) is 0 Å². The van der Waals surface area contributed by atoms with E-state index >= 15 is 0 Å². The minimum Gasteiger partial charge on any atom is -0.326 e. The van der Waals surface area contributed by atoms with Crippen molar-refractivity contribution >= 4 is 11.6 Å². The number of nitriles is 1. The summed E-state index contributed by atoms with van der Waals surface area (Å²) in [6.45, 7) is 3.41. The quantitative estimate of drug-likeness (QED) is 0.700. The van der Waals surface area contributed by atoms with Crippen LogP contribution in [-0.2, 0) is 17.4 Å². The van der Waals surface area contributed by atoms with Crippen LogP contribution in [0, 0.1) is 25.2 Å². The number of aromatic nitrogens is 2. The molecule has 0 saturated carbocycles. The lowest BCUT2D eigenvalue weighted by Crippen LogP contribution is -2.15. The number of benzene rings is 2. The molecular weight excluding hydrogens is 381 g/mol. The molecule has 0 spiro atoms. The molecule has 0 unspecified atom stereocenters. The van der Waals surface area contributed by atoms with Crippen LogP contribution < -0.4 is 5.32 Å². The van der Waals surface area contributed by atoms with Crippen LogP contribution in [0.3, 0.4) is 0 Å². The van der Waals surface area contributed by atoms with Gasteiger partial charge in [0, 0.05) is 16.9 Å². The summed E-state index contributed by atoms with van der Waals surface area (Å²) in [4.78, 5) is 12.4. The summed E-state index contributed by atoms with van der Waals surface area (Å²) in [5.41, 5.74) is 2.20. The highest BCUT2D eigenvalue weighted by Gasteiger charge is 2.30. The molecule has 1 amide bonds. The Bertz CT molecular complexity index is 1110. The topological polar surface area (TPSA) is 70.7 Å². The molecule has 0 aliphatic heterocycles. The lowest BCUT2D eigenvalue weighted by Gasteiger charge is -2.10. The fourth-order valence-corrected chi connectivity index (χ4v) is 3.03. The Kier molecular flexibility index (Phi) is 5.41. The van der Waals surface area contributed by atoms with Gasteiger partial charge in [0.2, 0.25) is 5.91 Å². The number of hydrogen-bond donors (Lipinski definition) is 1. The summed E-state index contributed by atoms with van der Waals surface area (Å²) in [6, 6.07) is 13.4. The highest BCUT2D eigenvalue weighted by atomic mass is 19.4. The summed E-state index contributed by atoms with van der Waals surface area (Å²) in [5.74, 6) is -0.310. The Morgan fingerprint density at radius 2 is 1.90 bits per heavy atom. The molecule has 0 aliphatic rings. The first kappa shape index (κ1) is 20.1. The third kappa shape index (κ3) is 4.46. The summed E-state index contributed by atoms with van der Waals surface area (Å²) in [7, 11) is 0. The molecule has 0 bridgehead atoms. The van der Waals surface area contributed by atoms with Gasteiger partial charge < -0.3 is 5.32 Å². The van der Waals surface area contributed by atoms with Crippen molar-refractivity contribution in [3.63, 3.8) is 0 Å². The summed E-state index contributed by atoms with van der Waals surface area (Å²) in [6.07, 6.45) is -4.44. The number of hydrogen-bond acceptors (Lipinski definition) is 3. The molecule has 2 aromatic carbocycles. The van der Waals surface area contributed by atoms with E-state index in [1.807, 2.05) is 6.07 Å². The highest BCUT2D eigenvalue weighted by Crippen LogP contribution is 2.31. The first-order chi connectivity index (χ1) is 13.7. The molecule has 0 aliphatic carbocycles. The zero-order valence-electron chi connectivity index (χ0n) is 15.7. The molecule has 3 aromatic rings. The van der Waals surface area contributed by atoms with Crippen molar-refractivity contribution in [2.24, 2.45) is 0 Å². The van der Waals surface area contributed by atoms with E-state index in [9.17, 15) is 18.0 Å². The monoisotopic (exact) mass is 398 g/mol. The fraction of sp³-hybridized carbons (Fsp3) is 0.190. The average molecular weight is 398 g/mol. The fourth-order valence-electron chi connectivity index (χ4n) is 3.03. The number of rotatable bonds is 4. The van der Waals surface area contributed by atoms with Crippen molar-refractivity contribution in [1.82, 2.24) is 9.78 Å². The Morgan fingerprint density at radius 3 is 2.59 bits per heavy atom. The first-order valence-electron chi connectivity index (χ1n) is 8.72. The van der Waals surface area contributed by atoms with Crippen LogP contribution in [0.1, 0.15) is 28.1 Å². The Balaban J connectivity index is 1.84. The zero-order chi connectivity index (χ0) is 21.2. The van der Waals surface area contributed by atoms with Gasteiger partial charge >= 0.3 is 6.18 Å². The maximum absolute atomic E-state index is 13.0. The van der Waals surface area contributed by atoms with Gasteiger partial charge in [-0.25, -0.2) is 4.68 Å². The number of carbonyl (C=O) groups is 1. The van der Waals surface area contributed by atoms with E-state index < -0.39 is 11.7 Å². The maximum atomic E-state index is 13.0. The Morgan fingerprint density at radius 1 is 1.17 bits per heavy atom. The summed E-state index contributed by atoms with van der Waals surface area (Å²) in [5, 5.41) is 16.0. The Hall–Kier alpha value is -3.60. The van der Waals surface area contributed by atoms with Gasteiger partial charge in [0.1, 0.15) is 0 Å². The number of carbonyl (C=O) groups excluding carboxylic acids is 1. The van der Waals surface area contributed by atoms with Gasteiger partial charge in [0.15, 0.2) is 0 Å². The van der Waals surface area contributed by atoms with E-state index in [2.05, 4.69) is 10.4 Å².